The van der Waals surface area contributed by atoms with Crippen LogP contribution in [0.3, 0.4) is 0 Å². The Balaban J connectivity index is 2.13. The van der Waals surface area contributed by atoms with Crippen LogP contribution in [0, 0.1) is 5.92 Å². The zero-order chi connectivity index (χ0) is 16.1. The van der Waals surface area contributed by atoms with E-state index in [1.54, 1.807) is 7.11 Å². The number of benzene rings is 1. The number of nitrogens with zero attached hydrogens (tertiary/aromatic N) is 1. The van der Waals surface area contributed by atoms with Crippen LogP contribution in [0.1, 0.15) is 51.1 Å². The molecule has 1 fully saturated rings. The molecule has 0 aromatic heterocycles. The van der Waals surface area contributed by atoms with Gasteiger partial charge in [0, 0.05) is 18.5 Å². The molecule has 0 saturated heterocycles. The molecule has 2 N–H and O–H groups in total. The number of rotatable bonds is 5. The Hall–Kier alpha value is -1.55. The van der Waals surface area contributed by atoms with E-state index in [1.807, 2.05) is 30.0 Å². The summed E-state index contributed by atoms with van der Waals surface area (Å²) in [6.07, 6.45) is 3.89. The molecule has 1 aliphatic rings. The van der Waals surface area contributed by atoms with E-state index in [9.17, 15) is 4.79 Å². The molecule has 22 heavy (non-hydrogen) atoms. The molecule has 4 heteroatoms. The van der Waals surface area contributed by atoms with Gasteiger partial charge in [0.05, 0.1) is 13.2 Å². The van der Waals surface area contributed by atoms with Gasteiger partial charge in [-0.2, -0.15) is 0 Å². The van der Waals surface area contributed by atoms with Gasteiger partial charge in [0.25, 0.3) is 0 Å². The van der Waals surface area contributed by atoms with E-state index in [-0.39, 0.29) is 23.9 Å². The second-order valence-electron chi connectivity index (χ2n) is 6.20. The first-order valence-electron chi connectivity index (χ1n) is 8.26. The van der Waals surface area contributed by atoms with Crippen molar-refractivity contribution < 1.29 is 9.53 Å². The minimum absolute atomic E-state index is 0.0470. The standard InChI is InChI=1S/C18H28N2O2/c1-4-20(18(21)15-8-5-9-16(19)11-15)13(2)14-7-6-10-17(12-14)22-3/h6-7,10,12-13,15-16H,4-5,8-9,11,19H2,1-3H3. The summed E-state index contributed by atoms with van der Waals surface area (Å²) in [5.74, 6) is 1.15. The Bertz CT molecular complexity index is 504. The average molecular weight is 304 g/mol. The van der Waals surface area contributed by atoms with Gasteiger partial charge in [-0.1, -0.05) is 18.6 Å². The largest absolute Gasteiger partial charge is 0.497 e. The second-order valence-corrected chi connectivity index (χ2v) is 6.20. The van der Waals surface area contributed by atoms with Crippen LogP contribution in [-0.4, -0.2) is 30.5 Å². The summed E-state index contributed by atoms with van der Waals surface area (Å²) in [7, 11) is 1.66. The lowest BCUT2D eigenvalue weighted by Gasteiger charge is -2.34. The number of carbonyl (C=O) groups excluding carboxylic acids is 1. The SMILES string of the molecule is CCN(C(=O)C1CCCC(N)C1)C(C)c1cccc(OC)c1. The molecule has 1 aliphatic carbocycles. The van der Waals surface area contributed by atoms with E-state index in [4.69, 9.17) is 10.5 Å². The molecule has 1 aromatic rings. The van der Waals surface area contributed by atoms with E-state index in [2.05, 4.69) is 13.0 Å². The first-order chi connectivity index (χ1) is 10.6. The van der Waals surface area contributed by atoms with Crippen LogP contribution in [0.5, 0.6) is 5.75 Å². The fraction of sp³-hybridized carbons (Fsp3) is 0.611. The Morgan fingerprint density at radius 3 is 2.86 bits per heavy atom. The van der Waals surface area contributed by atoms with E-state index >= 15 is 0 Å². The zero-order valence-electron chi connectivity index (χ0n) is 13.9. The lowest BCUT2D eigenvalue weighted by molar-refractivity contribution is -0.138. The Kier molecular flexibility index (Phi) is 5.83. The lowest BCUT2D eigenvalue weighted by atomic mass is 9.85. The molecule has 3 atom stereocenters. The summed E-state index contributed by atoms with van der Waals surface area (Å²) in [4.78, 5) is 14.9. The first-order valence-corrected chi connectivity index (χ1v) is 8.26. The maximum atomic E-state index is 12.9. The normalized spacial score (nSPS) is 22.9. The predicted molar refractivity (Wildman–Crippen MR) is 88.7 cm³/mol. The van der Waals surface area contributed by atoms with Gasteiger partial charge in [-0.3, -0.25) is 4.79 Å². The second kappa shape index (κ2) is 7.63. The minimum Gasteiger partial charge on any atom is -0.497 e. The summed E-state index contributed by atoms with van der Waals surface area (Å²) >= 11 is 0. The molecule has 1 aromatic carbocycles. The molecule has 0 spiro atoms. The molecule has 1 amide bonds. The summed E-state index contributed by atoms with van der Waals surface area (Å²) in [5, 5.41) is 0. The van der Waals surface area contributed by atoms with Crippen LogP contribution in [-0.2, 0) is 4.79 Å². The number of ether oxygens (including phenoxy) is 1. The average Bonchev–Trinajstić information content (AvgIpc) is 2.55. The number of nitrogens with two attached hydrogens (primary N) is 1. The maximum absolute atomic E-state index is 12.9. The van der Waals surface area contributed by atoms with Crippen molar-refractivity contribution in [3.8, 4) is 5.75 Å². The van der Waals surface area contributed by atoms with E-state index in [0.29, 0.717) is 6.54 Å². The molecule has 0 bridgehead atoms. The highest BCUT2D eigenvalue weighted by atomic mass is 16.5. The predicted octanol–water partition coefficient (Wildman–Crippen LogP) is 3.12. The number of hydrogen-bond acceptors (Lipinski definition) is 3. The van der Waals surface area contributed by atoms with E-state index in [1.165, 1.54) is 0 Å². The third-order valence-electron chi connectivity index (χ3n) is 4.73. The van der Waals surface area contributed by atoms with Crippen LogP contribution in [0.25, 0.3) is 0 Å². The van der Waals surface area contributed by atoms with Crippen molar-refractivity contribution in [3.05, 3.63) is 29.8 Å². The lowest BCUT2D eigenvalue weighted by Crippen LogP contribution is -2.41. The molecule has 0 aliphatic heterocycles. The van der Waals surface area contributed by atoms with Crippen molar-refractivity contribution in [1.29, 1.82) is 0 Å². The van der Waals surface area contributed by atoms with Crippen LogP contribution in [0.2, 0.25) is 0 Å². The maximum Gasteiger partial charge on any atom is 0.226 e. The highest BCUT2D eigenvalue weighted by Crippen LogP contribution is 2.30. The van der Waals surface area contributed by atoms with Crippen LogP contribution in [0.15, 0.2) is 24.3 Å². The fourth-order valence-electron chi connectivity index (χ4n) is 3.39. The highest BCUT2D eigenvalue weighted by molar-refractivity contribution is 5.79. The number of hydrogen-bond donors (Lipinski definition) is 1. The van der Waals surface area contributed by atoms with Crippen molar-refractivity contribution in [3.63, 3.8) is 0 Å². The molecule has 3 unspecified atom stereocenters. The highest BCUT2D eigenvalue weighted by Gasteiger charge is 2.30. The number of amides is 1. The van der Waals surface area contributed by atoms with Crippen molar-refractivity contribution in [2.24, 2.45) is 11.7 Å². The van der Waals surface area contributed by atoms with Gasteiger partial charge in [0.15, 0.2) is 0 Å². The van der Waals surface area contributed by atoms with Crippen LogP contribution >= 0.6 is 0 Å². The Morgan fingerprint density at radius 1 is 1.45 bits per heavy atom. The Labute approximate surface area is 133 Å². The molecule has 2 rings (SSSR count). The fourth-order valence-corrected chi connectivity index (χ4v) is 3.39. The van der Waals surface area contributed by atoms with Crippen molar-refractivity contribution in [1.82, 2.24) is 4.90 Å². The van der Waals surface area contributed by atoms with Crippen LogP contribution < -0.4 is 10.5 Å². The number of carbonyl (C=O) groups is 1. The molecular formula is C18H28N2O2. The summed E-state index contributed by atoms with van der Waals surface area (Å²) in [6.45, 7) is 4.83. The Morgan fingerprint density at radius 2 is 2.23 bits per heavy atom. The molecule has 0 radical (unpaired) electrons. The smallest absolute Gasteiger partial charge is 0.226 e. The quantitative estimate of drug-likeness (QED) is 0.909. The van der Waals surface area contributed by atoms with Gasteiger partial charge >= 0.3 is 0 Å². The van der Waals surface area contributed by atoms with Gasteiger partial charge in [0.1, 0.15) is 5.75 Å². The van der Waals surface area contributed by atoms with Gasteiger partial charge in [-0.25, -0.2) is 0 Å². The van der Waals surface area contributed by atoms with Crippen molar-refractivity contribution in [2.75, 3.05) is 13.7 Å². The first kappa shape index (κ1) is 16.8. The van der Waals surface area contributed by atoms with Crippen molar-refractivity contribution >= 4 is 5.91 Å². The topological polar surface area (TPSA) is 55.6 Å². The van der Waals surface area contributed by atoms with Crippen molar-refractivity contribution in [2.45, 2.75) is 51.6 Å². The third kappa shape index (κ3) is 3.80. The zero-order valence-corrected chi connectivity index (χ0v) is 13.9. The van der Waals surface area contributed by atoms with Gasteiger partial charge in [-0.05, 0) is 50.8 Å². The van der Waals surface area contributed by atoms with Gasteiger partial charge in [-0.15, -0.1) is 0 Å². The van der Waals surface area contributed by atoms with E-state index < -0.39 is 0 Å². The summed E-state index contributed by atoms with van der Waals surface area (Å²) in [5.41, 5.74) is 7.15. The summed E-state index contributed by atoms with van der Waals surface area (Å²) < 4.78 is 5.29. The van der Waals surface area contributed by atoms with Gasteiger partial charge < -0.3 is 15.4 Å². The molecule has 0 heterocycles. The molecule has 4 nitrogen and oxygen atoms in total. The monoisotopic (exact) mass is 304 g/mol. The minimum atomic E-state index is 0.0470. The van der Waals surface area contributed by atoms with Crippen LogP contribution in [0.4, 0.5) is 0 Å². The summed E-state index contributed by atoms with van der Waals surface area (Å²) in [6, 6.07) is 8.18. The van der Waals surface area contributed by atoms with Gasteiger partial charge in [0.2, 0.25) is 5.91 Å². The molecule has 122 valence electrons. The molecule has 1 saturated carbocycles. The molecular weight excluding hydrogens is 276 g/mol. The van der Waals surface area contributed by atoms with E-state index in [0.717, 1.165) is 37.0 Å². The number of methoxy groups -OCH3 is 1. The third-order valence-corrected chi connectivity index (χ3v) is 4.73.